The molecule has 1 aliphatic heterocycles. The summed E-state index contributed by atoms with van der Waals surface area (Å²) >= 11 is 0. The van der Waals surface area contributed by atoms with Gasteiger partial charge in [-0.05, 0) is 11.5 Å². The van der Waals surface area contributed by atoms with Gasteiger partial charge in [-0.1, -0.05) is 12.1 Å². The lowest BCUT2D eigenvalue weighted by Crippen LogP contribution is -2.00. The van der Waals surface area contributed by atoms with Crippen molar-refractivity contribution in [2.75, 3.05) is 0 Å². The zero-order chi connectivity index (χ0) is 11.3. The summed E-state index contributed by atoms with van der Waals surface area (Å²) in [4.78, 5) is 21.6. The Bertz CT molecular complexity index is 648. The summed E-state index contributed by atoms with van der Waals surface area (Å²) in [6, 6.07) is 7.75. The van der Waals surface area contributed by atoms with Crippen LogP contribution in [-0.4, -0.2) is 10.9 Å². The number of rotatable bonds is 1. The van der Waals surface area contributed by atoms with E-state index in [0.29, 0.717) is 16.3 Å². The van der Waals surface area contributed by atoms with Crippen LogP contribution in [-0.2, 0) is 0 Å². The third-order valence-corrected chi connectivity index (χ3v) is 2.56. The monoisotopic (exact) mass is 215 g/mol. The molecule has 5 nitrogen and oxygen atoms in total. The Morgan fingerprint density at radius 1 is 1.25 bits per heavy atom. The normalized spacial score (nSPS) is 12.9. The van der Waals surface area contributed by atoms with Gasteiger partial charge in [-0.3, -0.25) is 10.1 Å². The first-order valence-electron chi connectivity index (χ1n) is 4.60. The summed E-state index contributed by atoms with van der Waals surface area (Å²) < 4.78 is 4.97. The van der Waals surface area contributed by atoms with Crippen LogP contribution in [0, 0.1) is 10.1 Å². The first-order chi connectivity index (χ1) is 7.66. The first-order valence-corrected chi connectivity index (χ1v) is 4.60. The van der Waals surface area contributed by atoms with Crippen LogP contribution in [0.4, 0.5) is 5.69 Å². The van der Waals surface area contributed by atoms with Crippen LogP contribution in [0.5, 0.6) is 5.75 Å². The molecule has 0 fully saturated rings. The third kappa shape index (κ3) is 1.02. The van der Waals surface area contributed by atoms with Crippen molar-refractivity contribution in [3.05, 3.63) is 46.0 Å². The van der Waals surface area contributed by atoms with Gasteiger partial charge in [0.15, 0.2) is 0 Å². The van der Waals surface area contributed by atoms with Crippen molar-refractivity contribution in [3.8, 4) is 5.75 Å². The smallest absolute Gasteiger partial charge is 0.344 e. The number of nitrogens with zero attached hydrogens (tertiary/aromatic N) is 1. The van der Waals surface area contributed by atoms with E-state index < -0.39 is 10.9 Å². The van der Waals surface area contributed by atoms with E-state index in [1.165, 1.54) is 12.1 Å². The molecule has 0 spiro atoms. The molecule has 0 unspecified atom stereocenters. The summed E-state index contributed by atoms with van der Waals surface area (Å²) in [6.45, 7) is 0. The van der Waals surface area contributed by atoms with Gasteiger partial charge < -0.3 is 4.74 Å². The molecule has 0 bridgehead atoms. The largest absolute Gasteiger partial charge is 0.422 e. The van der Waals surface area contributed by atoms with Crippen molar-refractivity contribution >= 4 is 22.4 Å². The average molecular weight is 215 g/mol. The number of esters is 1. The minimum atomic E-state index is -0.505. The highest BCUT2D eigenvalue weighted by Crippen LogP contribution is 2.38. The molecule has 3 rings (SSSR count). The molecule has 0 aromatic heterocycles. The lowest BCUT2D eigenvalue weighted by molar-refractivity contribution is -0.384. The zero-order valence-electron chi connectivity index (χ0n) is 7.97. The Labute approximate surface area is 89.4 Å². The van der Waals surface area contributed by atoms with Gasteiger partial charge in [0.2, 0.25) is 0 Å². The number of nitro groups is 1. The van der Waals surface area contributed by atoms with Gasteiger partial charge in [0.25, 0.3) is 5.69 Å². The van der Waals surface area contributed by atoms with Crippen LogP contribution in [0.3, 0.4) is 0 Å². The maximum atomic E-state index is 11.4. The Kier molecular flexibility index (Phi) is 1.54. The van der Waals surface area contributed by atoms with Crippen LogP contribution >= 0.6 is 0 Å². The molecule has 0 aliphatic carbocycles. The van der Waals surface area contributed by atoms with E-state index in [1.807, 2.05) is 0 Å². The fraction of sp³-hybridized carbons (Fsp3) is 0. The first kappa shape index (κ1) is 8.84. The number of benzene rings is 2. The molecule has 2 aromatic rings. The van der Waals surface area contributed by atoms with Crippen LogP contribution < -0.4 is 4.74 Å². The molecule has 0 N–H and O–H groups in total. The van der Waals surface area contributed by atoms with Crippen LogP contribution in [0.15, 0.2) is 30.3 Å². The molecule has 2 aromatic carbocycles. The highest BCUT2D eigenvalue weighted by molar-refractivity contribution is 6.13. The van der Waals surface area contributed by atoms with E-state index in [0.717, 1.165) is 0 Å². The second-order valence-electron chi connectivity index (χ2n) is 3.49. The maximum absolute atomic E-state index is 11.4. The molecule has 5 heteroatoms. The summed E-state index contributed by atoms with van der Waals surface area (Å²) in [7, 11) is 0. The molecule has 78 valence electrons. The summed E-state index contributed by atoms with van der Waals surface area (Å²) in [5, 5.41) is 12.0. The zero-order valence-corrected chi connectivity index (χ0v) is 7.97. The molecule has 16 heavy (non-hydrogen) atoms. The molecule has 0 saturated carbocycles. The van der Waals surface area contributed by atoms with Crippen molar-refractivity contribution < 1.29 is 14.5 Å². The second kappa shape index (κ2) is 2.79. The second-order valence-corrected chi connectivity index (χ2v) is 3.49. The fourth-order valence-electron chi connectivity index (χ4n) is 1.88. The molecular weight excluding hydrogens is 210 g/mol. The summed E-state index contributed by atoms with van der Waals surface area (Å²) in [5.74, 6) is -0.189. The van der Waals surface area contributed by atoms with Crippen molar-refractivity contribution in [2.45, 2.75) is 0 Å². The van der Waals surface area contributed by atoms with Crippen molar-refractivity contribution in [1.82, 2.24) is 0 Å². The van der Waals surface area contributed by atoms with Crippen molar-refractivity contribution in [2.24, 2.45) is 0 Å². The predicted octanol–water partition coefficient (Wildman–Crippen LogP) is 2.28. The molecule has 0 atom stereocenters. The molecule has 0 saturated heterocycles. The topological polar surface area (TPSA) is 69.4 Å². The lowest BCUT2D eigenvalue weighted by Gasteiger charge is -1.98. The number of carbonyl (C=O) groups excluding carboxylic acids is 1. The highest BCUT2D eigenvalue weighted by atomic mass is 16.6. The van der Waals surface area contributed by atoms with E-state index >= 15 is 0 Å². The Balaban J connectivity index is 2.43. The number of carbonyl (C=O) groups is 1. The number of hydrogen-bond donors (Lipinski definition) is 0. The van der Waals surface area contributed by atoms with Crippen LogP contribution in [0.2, 0.25) is 0 Å². The van der Waals surface area contributed by atoms with E-state index in [4.69, 9.17) is 4.74 Å². The molecule has 1 aliphatic rings. The fourth-order valence-corrected chi connectivity index (χ4v) is 1.88. The van der Waals surface area contributed by atoms with E-state index in [1.54, 1.807) is 18.2 Å². The summed E-state index contributed by atoms with van der Waals surface area (Å²) in [5.41, 5.74) is 0.386. The number of nitro benzene ring substituents is 1. The van der Waals surface area contributed by atoms with Crippen molar-refractivity contribution in [3.63, 3.8) is 0 Å². The Morgan fingerprint density at radius 2 is 2.06 bits per heavy atom. The molecule has 0 radical (unpaired) electrons. The average Bonchev–Trinajstić information content (AvgIpc) is 2.58. The van der Waals surface area contributed by atoms with Gasteiger partial charge in [-0.15, -0.1) is 0 Å². The molecular formula is C11H5NO4. The SMILES string of the molecule is O=C1Oc2cc([N+](=O)[O-])cc3cccc1c23. The number of ether oxygens (including phenoxy) is 1. The van der Waals surface area contributed by atoms with E-state index in [-0.39, 0.29) is 11.4 Å². The van der Waals surface area contributed by atoms with Gasteiger partial charge >= 0.3 is 5.97 Å². The Hall–Kier alpha value is -2.43. The molecule has 0 amide bonds. The van der Waals surface area contributed by atoms with Crippen LogP contribution in [0.1, 0.15) is 10.4 Å². The van der Waals surface area contributed by atoms with Crippen LogP contribution in [0.25, 0.3) is 10.8 Å². The van der Waals surface area contributed by atoms with Gasteiger partial charge in [0.1, 0.15) is 5.75 Å². The van der Waals surface area contributed by atoms with Crippen molar-refractivity contribution in [1.29, 1.82) is 0 Å². The third-order valence-electron chi connectivity index (χ3n) is 2.56. The number of hydrogen-bond acceptors (Lipinski definition) is 4. The minimum Gasteiger partial charge on any atom is -0.422 e. The predicted molar refractivity (Wildman–Crippen MR) is 55.6 cm³/mol. The quantitative estimate of drug-likeness (QED) is 0.316. The maximum Gasteiger partial charge on any atom is 0.344 e. The number of non-ortho nitro benzene ring substituents is 1. The molecule has 1 heterocycles. The Morgan fingerprint density at radius 3 is 2.81 bits per heavy atom. The standard InChI is InChI=1S/C11H5NO4/c13-11-8-3-1-2-6-4-7(12(14)15)5-9(16-11)10(6)8/h1-5H. The van der Waals surface area contributed by atoms with Gasteiger partial charge in [-0.25, -0.2) is 4.79 Å². The lowest BCUT2D eigenvalue weighted by atomic mass is 10.0. The van der Waals surface area contributed by atoms with Gasteiger partial charge in [0, 0.05) is 11.5 Å². The van der Waals surface area contributed by atoms with Gasteiger partial charge in [0.05, 0.1) is 16.6 Å². The minimum absolute atomic E-state index is 0.0747. The highest BCUT2D eigenvalue weighted by Gasteiger charge is 2.26. The van der Waals surface area contributed by atoms with E-state index in [2.05, 4.69) is 0 Å². The summed E-state index contributed by atoms with van der Waals surface area (Å²) in [6.07, 6.45) is 0. The van der Waals surface area contributed by atoms with Gasteiger partial charge in [-0.2, -0.15) is 0 Å². The van der Waals surface area contributed by atoms with E-state index in [9.17, 15) is 14.9 Å².